The summed E-state index contributed by atoms with van der Waals surface area (Å²) in [5.41, 5.74) is 2.04. The van der Waals surface area contributed by atoms with E-state index in [2.05, 4.69) is 10.3 Å². The number of carbonyl (C=O) groups excluding carboxylic acids is 2. The van der Waals surface area contributed by atoms with Gasteiger partial charge in [-0.3, -0.25) is 4.79 Å². The predicted octanol–water partition coefficient (Wildman–Crippen LogP) is 4.12. The zero-order chi connectivity index (χ0) is 20.0. The van der Waals surface area contributed by atoms with Crippen molar-refractivity contribution >= 4 is 29.3 Å². The second kappa shape index (κ2) is 9.37. The molecular formula is C20H23ClN2O4. The van der Waals surface area contributed by atoms with Crippen LogP contribution in [-0.2, 0) is 14.3 Å². The van der Waals surface area contributed by atoms with E-state index in [0.717, 1.165) is 11.1 Å². The van der Waals surface area contributed by atoms with Crippen molar-refractivity contribution in [3.63, 3.8) is 0 Å². The van der Waals surface area contributed by atoms with E-state index in [1.54, 1.807) is 12.1 Å². The van der Waals surface area contributed by atoms with Crippen LogP contribution in [0.4, 0.5) is 5.82 Å². The molecule has 0 spiro atoms. The van der Waals surface area contributed by atoms with Crippen LogP contribution in [0.3, 0.4) is 0 Å². The molecule has 0 saturated heterocycles. The zero-order valence-corrected chi connectivity index (χ0v) is 16.5. The third-order valence-electron chi connectivity index (χ3n) is 3.79. The minimum absolute atomic E-state index is 0.258. The fraction of sp³-hybridized carbons (Fsp3) is 0.350. The number of nitrogens with zero attached hydrogens (tertiary/aromatic N) is 1. The van der Waals surface area contributed by atoms with Crippen LogP contribution >= 0.6 is 11.6 Å². The maximum absolute atomic E-state index is 12.1. The SMILES string of the molecule is Cc1ccc(C(C)C)c(OCC(=O)O[C@H](C)C(=O)Nc2ccc(Cl)cn2)c1. The molecule has 0 unspecified atom stereocenters. The number of anilines is 1. The van der Waals surface area contributed by atoms with Gasteiger partial charge in [-0.1, -0.05) is 37.6 Å². The van der Waals surface area contributed by atoms with Crippen LogP contribution < -0.4 is 10.1 Å². The van der Waals surface area contributed by atoms with Crippen molar-refractivity contribution in [3.8, 4) is 5.75 Å². The van der Waals surface area contributed by atoms with Crippen molar-refractivity contribution in [2.45, 2.75) is 39.7 Å². The first kappa shape index (κ1) is 20.7. The number of aryl methyl sites for hydroxylation is 1. The summed E-state index contributed by atoms with van der Waals surface area (Å²) in [7, 11) is 0. The first-order chi connectivity index (χ1) is 12.8. The average molecular weight is 391 g/mol. The molecule has 1 amide bonds. The predicted molar refractivity (Wildman–Crippen MR) is 104 cm³/mol. The second-order valence-corrected chi connectivity index (χ2v) is 6.90. The van der Waals surface area contributed by atoms with Crippen LogP contribution in [0.25, 0.3) is 0 Å². The molecule has 1 N–H and O–H groups in total. The van der Waals surface area contributed by atoms with Gasteiger partial charge in [0.05, 0.1) is 5.02 Å². The van der Waals surface area contributed by atoms with Gasteiger partial charge in [-0.2, -0.15) is 0 Å². The van der Waals surface area contributed by atoms with Gasteiger partial charge >= 0.3 is 5.97 Å². The first-order valence-corrected chi connectivity index (χ1v) is 8.99. The monoisotopic (exact) mass is 390 g/mol. The van der Waals surface area contributed by atoms with Crippen LogP contribution in [0, 0.1) is 6.92 Å². The van der Waals surface area contributed by atoms with Crippen LogP contribution in [-0.4, -0.2) is 29.6 Å². The maximum Gasteiger partial charge on any atom is 0.344 e. The molecule has 0 saturated carbocycles. The largest absolute Gasteiger partial charge is 0.482 e. The number of amides is 1. The molecule has 0 radical (unpaired) electrons. The van der Waals surface area contributed by atoms with Gasteiger partial charge < -0.3 is 14.8 Å². The minimum atomic E-state index is -0.986. The lowest BCUT2D eigenvalue weighted by Crippen LogP contribution is -2.32. The van der Waals surface area contributed by atoms with E-state index in [9.17, 15) is 9.59 Å². The topological polar surface area (TPSA) is 77.5 Å². The Bertz CT molecular complexity index is 806. The highest BCUT2D eigenvalue weighted by molar-refractivity contribution is 6.30. The molecule has 1 aromatic carbocycles. The number of benzene rings is 1. The molecule has 6 nitrogen and oxygen atoms in total. The summed E-state index contributed by atoms with van der Waals surface area (Å²) >= 11 is 5.75. The molecule has 0 aliphatic rings. The van der Waals surface area contributed by atoms with Crippen molar-refractivity contribution in [1.82, 2.24) is 4.98 Å². The quantitative estimate of drug-likeness (QED) is 0.719. The Hall–Kier alpha value is -2.60. The Morgan fingerprint density at radius 1 is 1.19 bits per heavy atom. The number of hydrogen-bond acceptors (Lipinski definition) is 5. The summed E-state index contributed by atoms with van der Waals surface area (Å²) in [6, 6.07) is 9.02. The zero-order valence-electron chi connectivity index (χ0n) is 15.8. The Morgan fingerprint density at radius 3 is 2.56 bits per heavy atom. The molecule has 0 bridgehead atoms. The van der Waals surface area contributed by atoms with Crippen molar-refractivity contribution in [3.05, 3.63) is 52.7 Å². The Balaban J connectivity index is 1.89. The molecule has 0 aliphatic carbocycles. The highest BCUT2D eigenvalue weighted by Crippen LogP contribution is 2.27. The van der Waals surface area contributed by atoms with Crippen molar-refractivity contribution < 1.29 is 19.1 Å². The van der Waals surface area contributed by atoms with Crippen LogP contribution in [0.15, 0.2) is 36.5 Å². The molecule has 0 aliphatic heterocycles. The van der Waals surface area contributed by atoms with Gasteiger partial charge in [0.2, 0.25) is 0 Å². The number of halogens is 1. The lowest BCUT2D eigenvalue weighted by Gasteiger charge is -2.16. The van der Waals surface area contributed by atoms with Gasteiger partial charge in [0.15, 0.2) is 12.7 Å². The number of hydrogen-bond donors (Lipinski definition) is 1. The van der Waals surface area contributed by atoms with E-state index in [0.29, 0.717) is 16.6 Å². The number of rotatable bonds is 7. The fourth-order valence-electron chi connectivity index (χ4n) is 2.34. The van der Waals surface area contributed by atoms with Gasteiger partial charge in [0.1, 0.15) is 11.6 Å². The number of carbonyl (C=O) groups is 2. The number of ether oxygens (including phenoxy) is 2. The summed E-state index contributed by atoms with van der Waals surface area (Å²) in [6.45, 7) is 7.25. The summed E-state index contributed by atoms with van der Waals surface area (Å²) in [5.74, 6) is 0.108. The van der Waals surface area contributed by atoms with Gasteiger partial charge in [-0.05, 0) is 49.1 Å². The Labute approximate surface area is 163 Å². The number of pyridine rings is 1. The average Bonchev–Trinajstić information content (AvgIpc) is 2.61. The maximum atomic E-state index is 12.1. The van der Waals surface area contributed by atoms with Crippen LogP contribution in [0.5, 0.6) is 5.75 Å². The Morgan fingerprint density at radius 2 is 1.93 bits per heavy atom. The second-order valence-electron chi connectivity index (χ2n) is 6.47. The van der Waals surface area contributed by atoms with Crippen molar-refractivity contribution in [1.29, 1.82) is 0 Å². The summed E-state index contributed by atoms with van der Waals surface area (Å²) in [6.07, 6.45) is 0.427. The number of nitrogens with one attached hydrogen (secondary N) is 1. The van der Waals surface area contributed by atoms with E-state index in [1.165, 1.54) is 13.1 Å². The highest BCUT2D eigenvalue weighted by atomic mass is 35.5. The van der Waals surface area contributed by atoms with E-state index in [4.69, 9.17) is 21.1 Å². The van der Waals surface area contributed by atoms with Crippen LogP contribution in [0.1, 0.15) is 37.8 Å². The molecule has 7 heteroatoms. The minimum Gasteiger partial charge on any atom is -0.482 e. The van der Waals surface area contributed by atoms with Crippen molar-refractivity contribution in [2.24, 2.45) is 0 Å². The third-order valence-corrected chi connectivity index (χ3v) is 4.02. The molecule has 2 rings (SSSR count). The summed E-state index contributed by atoms with van der Waals surface area (Å²) in [4.78, 5) is 28.1. The molecule has 1 aromatic heterocycles. The summed E-state index contributed by atoms with van der Waals surface area (Å²) < 4.78 is 10.8. The number of aromatic nitrogens is 1. The molecule has 2 aromatic rings. The number of esters is 1. The molecule has 1 atom stereocenters. The Kier molecular flexibility index (Phi) is 7.19. The van der Waals surface area contributed by atoms with E-state index >= 15 is 0 Å². The standard InChI is InChI=1S/C20H23ClN2O4/c1-12(2)16-7-5-13(3)9-17(16)26-11-19(24)27-14(4)20(25)23-18-8-6-15(21)10-22-18/h5-10,12,14H,11H2,1-4H3,(H,22,23,25)/t14-/m1/s1. The van der Waals surface area contributed by atoms with Gasteiger partial charge in [-0.15, -0.1) is 0 Å². The van der Waals surface area contributed by atoms with E-state index < -0.39 is 18.0 Å². The lowest BCUT2D eigenvalue weighted by atomic mass is 10.0. The van der Waals surface area contributed by atoms with Gasteiger partial charge in [0.25, 0.3) is 5.91 Å². The molecule has 144 valence electrons. The fourth-order valence-corrected chi connectivity index (χ4v) is 2.45. The van der Waals surface area contributed by atoms with Gasteiger partial charge in [0, 0.05) is 6.20 Å². The highest BCUT2D eigenvalue weighted by Gasteiger charge is 2.19. The smallest absolute Gasteiger partial charge is 0.344 e. The normalized spacial score (nSPS) is 11.8. The molecule has 1 heterocycles. The molecule has 27 heavy (non-hydrogen) atoms. The third kappa shape index (κ3) is 6.25. The summed E-state index contributed by atoms with van der Waals surface area (Å²) in [5, 5.41) is 3.01. The van der Waals surface area contributed by atoms with E-state index in [1.807, 2.05) is 39.0 Å². The molecule has 0 fully saturated rings. The van der Waals surface area contributed by atoms with Gasteiger partial charge in [-0.25, -0.2) is 9.78 Å². The van der Waals surface area contributed by atoms with E-state index in [-0.39, 0.29) is 12.5 Å². The molecular weight excluding hydrogens is 368 g/mol. The first-order valence-electron chi connectivity index (χ1n) is 8.61. The van der Waals surface area contributed by atoms with Crippen molar-refractivity contribution in [2.75, 3.05) is 11.9 Å². The van der Waals surface area contributed by atoms with Crippen LogP contribution in [0.2, 0.25) is 5.02 Å². The lowest BCUT2D eigenvalue weighted by molar-refractivity contribution is -0.155.